The smallest absolute Gasteiger partial charge is 0.0328 e. The minimum atomic E-state index is 0.875. The molecule has 2 heteroatoms. The predicted octanol–water partition coefficient (Wildman–Crippen LogP) is 12.4. The molecule has 0 aromatic heterocycles. The number of fused-ring (bicyclic) bond motifs is 3. The third-order valence-corrected chi connectivity index (χ3v) is 8.85. The summed E-state index contributed by atoms with van der Waals surface area (Å²) in [6, 6.07) is 35.9. The van der Waals surface area contributed by atoms with Gasteiger partial charge in [-0.3, -0.25) is 4.99 Å². The number of nitrogens with one attached hydrogen (secondary N) is 1. The van der Waals surface area contributed by atoms with Crippen LogP contribution >= 0.6 is 0 Å². The lowest BCUT2D eigenvalue weighted by atomic mass is 9.90. The highest BCUT2D eigenvalue weighted by Crippen LogP contribution is 2.49. The quantitative estimate of drug-likeness (QED) is 0.0991. The summed E-state index contributed by atoms with van der Waals surface area (Å²) in [6.45, 7) is 10.9. The predicted molar refractivity (Wildman–Crippen MR) is 221 cm³/mol. The van der Waals surface area contributed by atoms with Gasteiger partial charge in [0.15, 0.2) is 0 Å². The molecule has 50 heavy (non-hydrogen) atoms. The van der Waals surface area contributed by atoms with Crippen LogP contribution in [0.5, 0.6) is 0 Å². The van der Waals surface area contributed by atoms with Crippen LogP contribution in [-0.2, 0) is 0 Å². The summed E-state index contributed by atoms with van der Waals surface area (Å²) < 4.78 is 0. The first-order chi connectivity index (χ1) is 24.7. The summed E-state index contributed by atoms with van der Waals surface area (Å²) >= 11 is 0. The van der Waals surface area contributed by atoms with Crippen molar-refractivity contribution in [3.63, 3.8) is 0 Å². The molecule has 0 spiro atoms. The van der Waals surface area contributed by atoms with E-state index in [9.17, 15) is 0 Å². The number of terminal acetylenes is 1. The third kappa shape index (κ3) is 7.14. The Morgan fingerprint density at radius 2 is 1.40 bits per heavy atom. The fourth-order valence-corrected chi connectivity index (χ4v) is 6.64. The van der Waals surface area contributed by atoms with Gasteiger partial charge in [0, 0.05) is 26.0 Å². The molecule has 0 saturated heterocycles. The van der Waals surface area contributed by atoms with Gasteiger partial charge in [-0.05, 0) is 108 Å². The number of aliphatic imine (C=N–C) groups is 1. The van der Waals surface area contributed by atoms with Crippen LogP contribution in [0.1, 0.15) is 31.9 Å². The molecule has 0 bridgehead atoms. The summed E-state index contributed by atoms with van der Waals surface area (Å²) in [6.07, 6.45) is 26.6. The van der Waals surface area contributed by atoms with E-state index in [2.05, 4.69) is 169 Å². The van der Waals surface area contributed by atoms with Crippen LogP contribution in [0.25, 0.3) is 66.9 Å². The highest BCUT2D eigenvalue weighted by Gasteiger charge is 2.22. The molecule has 5 aromatic rings. The molecule has 2 aliphatic rings. The molecule has 2 nitrogen and oxygen atoms in total. The van der Waals surface area contributed by atoms with Gasteiger partial charge in [-0.2, -0.15) is 0 Å². The highest BCUT2D eigenvalue weighted by atomic mass is 14.8. The molecular weight excluding hydrogens is 605 g/mol. The number of allylic oxidation sites excluding steroid dienone is 8. The average molecular weight is 649 g/mol. The molecular formula is C48H44N2. The van der Waals surface area contributed by atoms with Crippen molar-refractivity contribution in [2.75, 3.05) is 13.6 Å². The zero-order chi connectivity index (χ0) is 35.5. The van der Waals surface area contributed by atoms with Gasteiger partial charge in [0.2, 0.25) is 0 Å². The van der Waals surface area contributed by atoms with Gasteiger partial charge in [0.1, 0.15) is 0 Å². The summed E-state index contributed by atoms with van der Waals surface area (Å²) in [5.74, 6) is 0. The average Bonchev–Trinajstić information content (AvgIpc) is 3.52. The number of hydrogen-bond donors (Lipinski definition) is 1. The number of hydrogen-bond acceptors (Lipinski definition) is 2. The Balaban J connectivity index is 0.00000117. The van der Waals surface area contributed by atoms with E-state index >= 15 is 0 Å². The molecule has 7 rings (SSSR count). The Morgan fingerprint density at radius 3 is 2.06 bits per heavy atom. The first kappa shape index (κ1) is 35.1. The van der Waals surface area contributed by atoms with Crippen LogP contribution in [0.4, 0.5) is 0 Å². The van der Waals surface area contributed by atoms with Crippen molar-refractivity contribution in [1.82, 2.24) is 5.32 Å². The van der Waals surface area contributed by atoms with Gasteiger partial charge in [0.05, 0.1) is 0 Å². The standard InChI is InChI=1S/C44H36N2.C2H6.C2H2/c1-4-31(32(5-2)28-45-3)12-8-11-30-25-36(34-20-18-33(19-21-34)35-13-10-24-46-29-35)27-37(26-30)38-22-23-43-40-15-7-6-14-39(40)42-17-9-16-41(38)44(42)43;2*1-2/h4-23,25-29,46H,1,24H2,2-3H3;1-2H3;1-2H/b11-8+,31-12+,32-5+,45-28?;;. The van der Waals surface area contributed by atoms with Crippen molar-refractivity contribution < 1.29 is 0 Å². The third-order valence-electron chi connectivity index (χ3n) is 8.85. The Bertz CT molecular complexity index is 2180. The summed E-state index contributed by atoms with van der Waals surface area (Å²) in [5, 5.41) is 5.94. The molecule has 5 aromatic carbocycles. The van der Waals surface area contributed by atoms with E-state index in [1.165, 1.54) is 66.4 Å². The van der Waals surface area contributed by atoms with Crippen LogP contribution in [0.2, 0.25) is 0 Å². The van der Waals surface area contributed by atoms with E-state index in [-0.39, 0.29) is 0 Å². The number of nitrogens with zero attached hydrogens (tertiary/aromatic N) is 1. The summed E-state index contributed by atoms with van der Waals surface area (Å²) in [7, 11) is 1.79. The minimum Gasteiger partial charge on any atom is -0.387 e. The number of dihydropyridines is 1. The lowest BCUT2D eigenvalue weighted by molar-refractivity contribution is 0.976. The van der Waals surface area contributed by atoms with Gasteiger partial charge in [-0.1, -0.05) is 142 Å². The molecule has 0 amide bonds. The summed E-state index contributed by atoms with van der Waals surface area (Å²) in [5.41, 5.74) is 15.7. The second-order valence-corrected chi connectivity index (χ2v) is 11.6. The van der Waals surface area contributed by atoms with Crippen LogP contribution in [-0.4, -0.2) is 19.8 Å². The van der Waals surface area contributed by atoms with Crippen molar-refractivity contribution in [1.29, 1.82) is 0 Å². The molecule has 0 saturated carbocycles. The Morgan fingerprint density at radius 1 is 0.740 bits per heavy atom. The molecule has 246 valence electrons. The largest absolute Gasteiger partial charge is 0.387 e. The zero-order valence-corrected chi connectivity index (χ0v) is 29.4. The second kappa shape index (κ2) is 16.8. The maximum Gasteiger partial charge on any atom is 0.0328 e. The van der Waals surface area contributed by atoms with E-state index in [1.54, 1.807) is 7.05 Å². The van der Waals surface area contributed by atoms with E-state index in [1.807, 2.05) is 33.1 Å². The lowest BCUT2D eigenvalue weighted by Crippen LogP contribution is -2.08. The molecule has 0 unspecified atom stereocenters. The van der Waals surface area contributed by atoms with Crippen molar-refractivity contribution in [2.24, 2.45) is 4.99 Å². The maximum atomic E-state index is 4.21. The van der Waals surface area contributed by atoms with Crippen molar-refractivity contribution in [2.45, 2.75) is 20.8 Å². The molecule has 1 heterocycles. The molecule has 1 aliphatic carbocycles. The number of benzene rings is 5. The maximum absolute atomic E-state index is 4.21. The lowest BCUT2D eigenvalue weighted by Gasteiger charge is -2.14. The van der Waals surface area contributed by atoms with Crippen LogP contribution in [0.15, 0.2) is 162 Å². The van der Waals surface area contributed by atoms with Crippen molar-refractivity contribution in [3.05, 3.63) is 169 Å². The molecule has 1 aliphatic heterocycles. The van der Waals surface area contributed by atoms with E-state index in [4.69, 9.17) is 0 Å². The fraction of sp³-hybridized carbons (Fsp3) is 0.104. The van der Waals surface area contributed by atoms with Gasteiger partial charge >= 0.3 is 0 Å². The Hall–Kier alpha value is -6.17. The monoisotopic (exact) mass is 648 g/mol. The van der Waals surface area contributed by atoms with Gasteiger partial charge in [-0.15, -0.1) is 12.8 Å². The number of rotatable bonds is 8. The highest BCUT2D eigenvalue weighted by molar-refractivity contribution is 6.18. The molecule has 1 N–H and O–H groups in total. The Kier molecular flexibility index (Phi) is 11.8. The topological polar surface area (TPSA) is 24.4 Å². The second-order valence-electron chi connectivity index (χ2n) is 11.6. The van der Waals surface area contributed by atoms with Gasteiger partial charge in [0.25, 0.3) is 0 Å². The normalized spacial score (nSPS) is 13.2. The van der Waals surface area contributed by atoms with Crippen LogP contribution < -0.4 is 5.32 Å². The first-order valence-corrected chi connectivity index (χ1v) is 17.1. The SMILES string of the molecule is C#C.C=CC(=C\C=C\c1cc(-c2ccc(C3=CNCC=C3)cc2)cc(-c2ccc3c4c(cccc24)-c2ccccc2-3)c1)/C(C=NC)=C/C.CC. The minimum absolute atomic E-state index is 0.875. The van der Waals surface area contributed by atoms with Gasteiger partial charge in [-0.25, -0.2) is 0 Å². The fourth-order valence-electron chi connectivity index (χ4n) is 6.64. The van der Waals surface area contributed by atoms with E-state index in [0.29, 0.717) is 0 Å². The zero-order valence-electron chi connectivity index (χ0n) is 29.4. The molecule has 0 atom stereocenters. The Labute approximate surface area is 298 Å². The van der Waals surface area contributed by atoms with E-state index < -0.39 is 0 Å². The molecule has 0 fully saturated rings. The summed E-state index contributed by atoms with van der Waals surface area (Å²) in [4.78, 5) is 4.21. The van der Waals surface area contributed by atoms with Crippen LogP contribution in [0.3, 0.4) is 0 Å². The van der Waals surface area contributed by atoms with Crippen molar-refractivity contribution >= 4 is 28.6 Å². The van der Waals surface area contributed by atoms with E-state index in [0.717, 1.165) is 23.3 Å². The van der Waals surface area contributed by atoms with Gasteiger partial charge < -0.3 is 5.32 Å². The van der Waals surface area contributed by atoms with Crippen molar-refractivity contribution in [3.8, 4) is 57.4 Å². The first-order valence-electron chi connectivity index (χ1n) is 17.1. The van der Waals surface area contributed by atoms with Crippen LogP contribution in [0, 0.1) is 12.8 Å². The molecule has 0 radical (unpaired) electrons.